The van der Waals surface area contributed by atoms with E-state index in [2.05, 4.69) is 97.7 Å². The summed E-state index contributed by atoms with van der Waals surface area (Å²) in [6, 6.07) is 60.1. The van der Waals surface area contributed by atoms with Gasteiger partial charge in [-0.3, -0.25) is 10.8 Å². The van der Waals surface area contributed by atoms with Crippen LogP contribution in [0.1, 0.15) is 46.7 Å². The zero-order valence-corrected chi connectivity index (χ0v) is 33.2. The highest BCUT2D eigenvalue weighted by Gasteiger charge is 2.12. The molecule has 7 aromatic carbocycles. The van der Waals surface area contributed by atoms with Gasteiger partial charge in [0, 0.05) is 23.2 Å². The number of nitrogen functional groups attached to an aromatic ring is 1. The van der Waals surface area contributed by atoms with E-state index in [1.165, 1.54) is 44.2 Å². The van der Waals surface area contributed by atoms with Crippen LogP contribution in [0.2, 0.25) is 0 Å². The van der Waals surface area contributed by atoms with Crippen LogP contribution in [-0.4, -0.2) is 17.5 Å². The van der Waals surface area contributed by atoms with E-state index in [0.717, 1.165) is 23.1 Å². The van der Waals surface area contributed by atoms with E-state index in [9.17, 15) is 0 Å². The van der Waals surface area contributed by atoms with Crippen LogP contribution in [0.3, 0.4) is 0 Å². The van der Waals surface area contributed by atoms with Crippen molar-refractivity contribution in [3.05, 3.63) is 234 Å². The number of benzene rings is 7. The summed E-state index contributed by atoms with van der Waals surface area (Å²) in [7, 11) is 0. The molecule has 6 heteroatoms. The Balaban J connectivity index is 0.000000163. The Morgan fingerprint density at radius 3 is 1.55 bits per heavy atom. The lowest BCUT2D eigenvalue weighted by Gasteiger charge is -2.16. The zero-order valence-electron chi connectivity index (χ0n) is 33.2. The third-order valence-electron chi connectivity index (χ3n) is 9.42. The highest BCUT2D eigenvalue weighted by atomic mass is 14.9. The maximum Gasteiger partial charge on any atom is 0.154 e. The molecular weight excluding hydrogens is 709 g/mol. The van der Waals surface area contributed by atoms with Gasteiger partial charge in [0.15, 0.2) is 5.84 Å². The molecule has 0 fully saturated rings. The summed E-state index contributed by atoms with van der Waals surface area (Å²) in [4.78, 5) is 4.10. The van der Waals surface area contributed by atoms with Crippen LogP contribution < -0.4 is 17.2 Å². The molecular formula is C52H52N6. The van der Waals surface area contributed by atoms with Crippen molar-refractivity contribution in [1.29, 1.82) is 10.8 Å². The van der Waals surface area contributed by atoms with Gasteiger partial charge < -0.3 is 17.2 Å². The molecule has 8 rings (SSSR count). The first-order chi connectivity index (χ1) is 28.2. The van der Waals surface area contributed by atoms with Crippen molar-refractivity contribution in [1.82, 2.24) is 0 Å². The maximum atomic E-state index is 7.84. The second-order valence-corrected chi connectivity index (χ2v) is 13.9. The molecule has 0 aromatic heterocycles. The van der Waals surface area contributed by atoms with Crippen molar-refractivity contribution in [2.45, 2.75) is 26.8 Å². The molecule has 1 atom stereocenters. The lowest BCUT2D eigenvalue weighted by atomic mass is 9.88. The first kappa shape index (κ1) is 42.0. The largest absolute Gasteiger partial charge is 0.384 e. The lowest BCUT2D eigenvalue weighted by molar-refractivity contribution is 0.739. The summed E-state index contributed by atoms with van der Waals surface area (Å²) in [5, 5.41) is 17.5. The maximum absolute atomic E-state index is 7.84. The molecule has 8 N–H and O–H groups in total. The zero-order chi connectivity index (χ0) is 41.1. The van der Waals surface area contributed by atoms with Crippen LogP contribution in [0.25, 0.3) is 27.5 Å². The van der Waals surface area contributed by atoms with Gasteiger partial charge in [0.2, 0.25) is 0 Å². The SMILES string of the molecule is Cc1ccc(-c2ccc(C3=CCC(C)C=C3)c3ccccc23)cc1.N=C(N)c1ccccc1.N=C(N=C(N)c1ccccc1)c1ccccc1.NCc1ccccc1. The van der Waals surface area contributed by atoms with Gasteiger partial charge in [0.1, 0.15) is 11.7 Å². The number of allylic oxidation sites excluding steroid dienone is 4. The molecule has 0 radical (unpaired) electrons. The molecule has 0 saturated heterocycles. The van der Waals surface area contributed by atoms with Crippen LogP contribution in [0.5, 0.6) is 0 Å². The third kappa shape index (κ3) is 12.4. The number of aryl methyl sites for hydroxylation is 1. The van der Waals surface area contributed by atoms with Crippen LogP contribution >= 0.6 is 0 Å². The van der Waals surface area contributed by atoms with Gasteiger partial charge in [-0.2, -0.15) is 0 Å². The Hall–Kier alpha value is -7.15. The summed E-state index contributed by atoms with van der Waals surface area (Å²) < 4.78 is 0. The molecule has 1 aliphatic carbocycles. The van der Waals surface area contributed by atoms with Crippen LogP contribution in [0.4, 0.5) is 0 Å². The van der Waals surface area contributed by atoms with Crippen molar-refractivity contribution < 1.29 is 0 Å². The Labute approximate surface area is 343 Å². The summed E-state index contributed by atoms with van der Waals surface area (Å²) in [6.07, 6.45) is 8.09. The van der Waals surface area contributed by atoms with Gasteiger partial charge in [-0.1, -0.05) is 213 Å². The monoisotopic (exact) mass is 760 g/mol. The molecule has 7 aromatic rings. The molecule has 0 spiro atoms. The van der Waals surface area contributed by atoms with Gasteiger partial charge in [-0.25, -0.2) is 4.99 Å². The first-order valence-corrected chi connectivity index (χ1v) is 19.4. The fourth-order valence-electron chi connectivity index (χ4n) is 6.15. The summed E-state index contributed by atoms with van der Waals surface area (Å²) in [5.74, 6) is 1.30. The van der Waals surface area contributed by atoms with Crippen molar-refractivity contribution >= 4 is 33.9 Å². The Morgan fingerprint density at radius 1 is 0.586 bits per heavy atom. The number of rotatable bonds is 6. The van der Waals surface area contributed by atoms with Crippen molar-refractivity contribution in [3.8, 4) is 11.1 Å². The van der Waals surface area contributed by atoms with Crippen molar-refractivity contribution in [2.24, 2.45) is 28.1 Å². The Kier molecular flexibility index (Phi) is 15.8. The van der Waals surface area contributed by atoms with Gasteiger partial charge in [-0.15, -0.1) is 0 Å². The highest BCUT2D eigenvalue weighted by molar-refractivity contribution is 6.09. The minimum Gasteiger partial charge on any atom is -0.384 e. The van der Waals surface area contributed by atoms with E-state index in [4.69, 9.17) is 28.0 Å². The molecule has 0 bridgehead atoms. The fraction of sp³-hybridized carbons (Fsp3) is 0.0962. The number of nitrogens with two attached hydrogens (primary N) is 3. The van der Waals surface area contributed by atoms with Crippen molar-refractivity contribution in [2.75, 3.05) is 0 Å². The fourth-order valence-corrected chi connectivity index (χ4v) is 6.15. The number of hydrogen-bond donors (Lipinski definition) is 5. The topological polar surface area (TPSA) is 138 Å². The highest BCUT2D eigenvalue weighted by Crippen LogP contribution is 2.35. The standard InChI is InChI=1S/C24H22.C14H13N3.C7H8N2.C7H9N/c1-17-7-11-19(12-8-17)21-15-16-22(20-13-9-18(2)10-14-20)24-6-4-3-5-23(21)24;15-13(11-7-3-1-4-8-11)17-14(16)12-9-5-2-6-10-12;8-7(9)6-4-2-1-3-5-6;8-6-7-4-2-1-3-5-7/h3-9,11-16,18H,10H2,1-2H3;1-10H,(H3,15,16,17);1-5H,(H3,8,9);1-5H,6,8H2. The quantitative estimate of drug-likeness (QED) is 0.0852. The van der Waals surface area contributed by atoms with Gasteiger partial charge in [-0.05, 0) is 57.9 Å². The Bertz CT molecular complexity index is 2450. The van der Waals surface area contributed by atoms with E-state index in [1.54, 1.807) is 0 Å². The van der Waals surface area contributed by atoms with Crippen LogP contribution in [0.15, 0.2) is 205 Å². The predicted octanol–water partition coefficient (Wildman–Crippen LogP) is 11.3. The average molecular weight is 761 g/mol. The van der Waals surface area contributed by atoms with E-state index >= 15 is 0 Å². The summed E-state index contributed by atoms with van der Waals surface area (Å²) in [6.45, 7) is 5.04. The second-order valence-electron chi connectivity index (χ2n) is 13.9. The van der Waals surface area contributed by atoms with E-state index < -0.39 is 0 Å². The predicted molar refractivity (Wildman–Crippen MR) is 247 cm³/mol. The Morgan fingerprint density at radius 2 is 1.07 bits per heavy atom. The molecule has 0 aliphatic heterocycles. The first-order valence-electron chi connectivity index (χ1n) is 19.4. The normalized spacial score (nSPS) is 13.0. The average Bonchev–Trinajstić information content (AvgIpc) is 3.28. The number of hydrogen-bond acceptors (Lipinski definition) is 3. The second kappa shape index (κ2) is 21.8. The minimum atomic E-state index is 0.121. The molecule has 290 valence electrons. The summed E-state index contributed by atoms with van der Waals surface area (Å²) in [5.41, 5.74) is 26.5. The number of nitrogens with zero attached hydrogens (tertiary/aromatic N) is 1. The number of aliphatic imine (C=N–C) groups is 1. The van der Waals surface area contributed by atoms with E-state index in [0.29, 0.717) is 18.3 Å². The molecule has 1 aliphatic rings. The molecule has 58 heavy (non-hydrogen) atoms. The smallest absolute Gasteiger partial charge is 0.154 e. The van der Waals surface area contributed by atoms with Crippen LogP contribution in [-0.2, 0) is 6.54 Å². The third-order valence-corrected chi connectivity index (χ3v) is 9.42. The van der Waals surface area contributed by atoms with Gasteiger partial charge >= 0.3 is 0 Å². The number of amidine groups is 3. The summed E-state index contributed by atoms with van der Waals surface area (Å²) >= 11 is 0. The number of fused-ring (bicyclic) bond motifs is 1. The van der Waals surface area contributed by atoms with Crippen LogP contribution in [0, 0.1) is 23.7 Å². The van der Waals surface area contributed by atoms with E-state index in [-0.39, 0.29) is 11.7 Å². The lowest BCUT2D eigenvalue weighted by Crippen LogP contribution is -2.15. The van der Waals surface area contributed by atoms with Gasteiger partial charge in [0.05, 0.1) is 0 Å². The molecule has 0 heterocycles. The molecule has 1 unspecified atom stereocenters. The van der Waals surface area contributed by atoms with Crippen molar-refractivity contribution in [3.63, 3.8) is 0 Å². The molecule has 6 nitrogen and oxygen atoms in total. The minimum absolute atomic E-state index is 0.121. The molecule has 0 amide bonds. The molecule has 0 saturated carbocycles. The van der Waals surface area contributed by atoms with E-state index in [1.807, 2.05) is 121 Å². The number of nitrogens with one attached hydrogen (secondary N) is 2. The van der Waals surface area contributed by atoms with Gasteiger partial charge in [0.25, 0.3) is 0 Å².